The second-order valence-electron chi connectivity index (χ2n) is 11.5. The summed E-state index contributed by atoms with van der Waals surface area (Å²) in [6.45, 7) is 3.01. The van der Waals surface area contributed by atoms with Gasteiger partial charge >= 0.3 is 0 Å². The highest BCUT2D eigenvalue weighted by molar-refractivity contribution is 6.16. The van der Waals surface area contributed by atoms with Crippen molar-refractivity contribution >= 4 is 44.7 Å². The van der Waals surface area contributed by atoms with Crippen LogP contribution in [-0.4, -0.2) is 71.0 Å². The molecule has 45 heavy (non-hydrogen) atoms. The van der Waals surface area contributed by atoms with E-state index in [2.05, 4.69) is 37.9 Å². The molecule has 3 aromatic carbocycles. The Hall–Kier alpha value is -5.36. The van der Waals surface area contributed by atoms with E-state index in [1.54, 1.807) is 23.2 Å². The number of nitrogens with zero attached hydrogens (tertiary/aromatic N) is 6. The number of non-ortho nitro benzene ring substituents is 1. The van der Waals surface area contributed by atoms with E-state index in [0.717, 1.165) is 48.2 Å². The first kappa shape index (κ1) is 28.4. The molecule has 12 heteroatoms. The van der Waals surface area contributed by atoms with Crippen molar-refractivity contribution in [1.29, 1.82) is 0 Å². The lowest BCUT2D eigenvalue weighted by atomic mass is 9.83. The van der Waals surface area contributed by atoms with Crippen LogP contribution in [0.5, 0.6) is 5.75 Å². The summed E-state index contributed by atoms with van der Waals surface area (Å²) < 4.78 is 0. The molecule has 2 atom stereocenters. The van der Waals surface area contributed by atoms with E-state index in [0.29, 0.717) is 40.8 Å². The number of phenols is 1. The Balaban J connectivity index is 0.958. The molecule has 3 aliphatic rings. The maximum atomic E-state index is 13.5. The van der Waals surface area contributed by atoms with Gasteiger partial charge in [0.2, 0.25) is 0 Å². The molecule has 3 heterocycles. The third-order valence-electron chi connectivity index (χ3n) is 8.56. The molecule has 0 radical (unpaired) electrons. The number of pyridine rings is 1. The van der Waals surface area contributed by atoms with Gasteiger partial charge in [-0.2, -0.15) is 5.11 Å². The minimum absolute atomic E-state index is 0.0386. The zero-order chi connectivity index (χ0) is 31.1. The van der Waals surface area contributed by atoms with Crippen molar-refractivity contribution in [2.75, 3.05) is 43.6 Å². The molecule has 0 amide bonds. The fourth-order valence-corrected chi connectivity index (χ4v) is 6.43. The predicted octanol–water partition coefficient (Wildman–Crippen LogP) is 5.36. The first-order chi connectivity index (χ1) is 21.9. The number of carbonyl (C=O) groups is 1. The average molecular weight is 605 g/mol. The molecule has 228 valence electrons. The smallest absolute Gasteiger partial charge is 0.280 e. The second kappa shape index (κ2) is 11.6. The number of phenolic OH excluding ortho intramolecular Hbond substituents is 1. The fourth-order valence-electron chi connectivity index (χ4n) is 6.43. The number of benzene rings is 3. The van der Waals surface area contributed by atoms with Gasteiger partial charge in [0, 0.05) is 30.2 Å². The summed E-state index contributed by atoms with van der Waals surface area (Å²) in [4.78, 5) is 31.9. The Morgan fingerprint density at radius 1 is 1.02 bits per heavy atom. The zero-order valence-corrected chi connectivity index (χ0v) is 24.7. The maximum absolute atomic E-state index is 13.5. The largest absolute Gasteiger partial charge is 0.508 e. The third-order valence-corrected chi connectivity index (χ3v) is 8.56. The van der Waals surface area contributed by atoms with E-state index in [1.807, 2.05) is 42.5 Å². The first-order valence-electron chi connectivity index (χ1n) is 15.0. The molecule has 0 bridgehead atoms. The Morgan fingerprint density at radius 2 is 1.80 bits per heavy atom. The van der Waals surface area contributed by atoms with Crippen LogP contribution < -0.4 is 15.6 Å². The molecule has 0 spiro atoms. The molecule has 4 aromatic rings. The molecule has 3 N–H and O–H groups in total. The quantitative estimate of drug-likeness (QED) is 0.0890. The number of para-hydroxylation sites is 1. The predicted molar refractivity (Wildman–Crippen MR) is 173 cm³/mol. The number of nitro groups is 1. The number of hydrogen-bond acceptors (Lipinski definition) is 11. The van der Waals surface area contributed by atoms with Gasteiger partial charge in [-0.3, -0.25) is 14.9 Å². The van der Waals surface area contributed by atoms with Crippen LogP contribution in [0.2, 0.25) is 0 Å². The van der Waals surface area contributed by atoms with Gasteiger partial charge in [0.15, 0.2) is 5.78 Å². The SMILES string of the molecule is CN(CCCNC1=C2C(=O)c3cc(O)ccc3N3N=NC(C=C1)C23)CCCNc1c2ccccc2nc2cccc([N+](=O)[O-])c12. The van der Waals surface area contributed by atoms with Crippen LogP contribution in [0.15, 0.2) is 94.4 Å². The Morgan fingerprint density at radius 3 is 2.62 bits per heavy atom. The van der Waals surface area contributed by atoms with Crippen molar-refractivity contribution in [2.24, 2.45) is 10.3 Å². The van der Waals surface area contributed by atoms with Crippen LogP contribution in [0.3, 0.4) is 0 Å². The van der Waals surface area contributed by atoms with E-state index in [4.69, 9.17) is 0 Å². The molecular weight excluding hydrogens is 572 g/mol. The van der Waals surface area contributed by atoms with Crippen molar-refractivity contribution in [3.8, 4) is 5.75 Å². The number of nitro benzene ring substituents is 1. The van der Waals surface area contributed by atoms with E-state index in [-0.39, 0.29) is 34.2 Å². The molecule has 0 saturated carbocycles. The number of aromatic nitrogens is 1. The van der Waals surface area contributed by atoms with Crippen LogP contribution in [0.1, 0.15) is 23.2 Å². The summed E-state index contributed by atoms with van der Waals surface area (Å²) in [6, 6.07) is 16.9. The van der Waals surface area contributed by atoms with E-state index < -0.39 is 0 Å². The lowest BCUT2D eigenvalue weighted by Gasteiger charge is -2.35. The van der Waals surface area contributed by atoms with Crippen molar-refractivity contribution in [2.45, 2.75) is 24.9 Å². The summed E-state index contributed by atoms with van der Waals surface area (Å²) in [5.74, 6) is -0.0762. The molecule has 7 rings (SSSR count). The number of allylic oxidation sites excluding steroid dienone is 1. The molecule has 1 aliphatic carbocycles. The zero-order valence-electron chi connectivity index (χ0n) is 24.7. The minimum Gasteiger partial charge on any atom is -0.508 e. The molecule has 12 nitrogen and oxygen atoms in total. The number of rotatable bonds is 11. The molecule has 2 unspecified atom stereocenters. The summed E-state index contributed by atoms with van der Waals surface area (Å²) in [7, 11) is 2.07. The number of carbonyl (C=O) groups excluding carboxylic acids is 1. The number of nitrogens with one attached hydrogen (secondary N) is 2. The van der Waals surface area contributed by atoms with Crippen molar-refractivity contribution in [1.82, 2.24) is 15.2 Å². The first-order valence-corrected chi connectivity index (χ1v) is 15.0. The second-order valence-corrected chi connectivity index (χ2v) is 11.5. The molecule has 1 aromatic heterocycles. The van der Waals surface area contributed by atoms with Crippen LogP contribution in [0.25, 0.3) is 21.8 Å². The monoisotopic (exact) mass is 604 g/mol. The number of anilines is 2. The lowest BCUT2D eigenvalue weighted by molar-refractivity contribution is -0.383. The topological polar surface area (TPSA) is 149 Å². The van der Waals surface area contributed by atoms with Crippen molar-refractivity contribution < 1.29 is 14.8 Å². The molecule has 0 fully saturated rings. The van der Waals surface area contributed by atoms with E-state index in [1.165, 1.54) is 12.1 Å². The standard InChI is InChI=1S/C33H32N8O4/c1-39(18-6-16-35-31-21-7-2-3-8-23(21)36-25-9-4-10-28(29(25)31)41(44)45)17-5-15-34-24-12-13-26-32-30(24)33(43)22-19-20(42)11-14-27(22)40(32)38-37-26/h2-4,7-14,19,26,32,34,42H,5-6,15-18H2,1H3,(H,35,36). The van der Waals surface area contributed by atoms with Gasteiger partial charge in [-0.05, 0) is 69.4 Å². The van der Waals surface area contributed by atoms with Gasteiger partial charge in [-0.25, -0.2) is 9.99 Å². The van der Waals surface area contributed by atoms with Crippen molar-refractivity contribution in [3.05, 3.63) is 99.8 Å². The highest BCUT2D eigenvalue weighted by Crippen LogP contribution is 2.43. The summed E-state index contributed by atoms with van der Waals surface area (Å²) in [6.07, 6.45) is 5.59. The molecule has 0 saturated heterocycles. The van der Waals surface area contributed by atoms with Crippen LogP contribution >= 0.6 is 0 Å². The van der Waals surface area contributed by atoms with Crippen molar-refractivity contribution in [3.63, 3.8) is 0 Å². The Kier molecular flexibility index (Phi) is 7.34. The average Bonchev–Trinajstić information content (AvgIpc) is 3.47. The number of Topliss-reactive ketones (excluding diaryl/α,β-unsaturated/α-hetero) is 1. The normalized spacial score (nSPS) is 18.2. The van der Waals surface area contributed by atoms with E-state index in [9.17, 15) is 20.0 Å². The summed E-state index contributed by atoms with van der Waals surface area (Å²) in [5, 5.41) is 40.6. The highest BCUT2D eigenvalue weighted by atomic mass is 16.6. The van der Waals surface area contributed by atoms with Gasteiger partial charge in [0.1, 0.15) is 23.2 Å². The van der Waals surface area contributed by atoms with Gasteiger partial charge in [-0.15, -0.1) is 0 Å². The maximum Gasteiger partial charge on any atom is 0.280 e. The summed E-state index contributed by atoms with van der Waals surface area (Å²) >= 11 is 0. The van der Waals surface area contributed by atoms with Gasteiger partial charge in [-0.1, -0.05) is 35.6 Å². The fraction of sp³-hybridized carbons (Fsp3) is 0.273. The Bertz CT molecular complexity index is 1940. The number of fused-ring (bicyclic) bond motifs is 4. The lowest BCUT2D eigenvalue weighted by Crippen LogP contribution is -2.45. The number of aromatic hydroxyl groups is 1. The minimum atomic E-state index is -0.355. The summed E-state index contributed by atoms with van der Waals surface area (Å²) in [5.41, 5.74) is 4.64. The van der Waals surface area contributed by atoms with Gasteiger partial charge in [0.25, 0.3) is 5.69 Å². The Labute approximate surface area is 258 Å². The highest BCUT2D eigenvalue weighted by Gasteiger charge is 2.46. The molecule has 2 aliphatic heterocycles. The van der Waals surface area contributed by atoms with Crippen LogP contribution in [0.4, 0.5) is 17.1 Å². The van der Waals surface area contributed by atoms with Gasteiger partial charge < -0.3 is 20.6 Å². The van der Waals surface area contributed by atoms with Gasteiger partial charge in [0.05, 0.1) is 38.5 Å². The van der Waals surface area contributed by atoms with E-state index >= 15 is 0 Å². The number of hydrogen-bond donors (Lipinski definition) is 3. The third kappa shape index (κ3) is 5.12. The van der Waals surface area contributed by atoms with Crippen LogP contribution in [-0.2, 0) is 0 Å². The van der Waals surface area contributed by atoms with Crippen LogP contribution in [0, 0.1) is 10.1 Å². The number of ketones is 1. The molecular formula is C33H32N8O4.